The number of carbonyl (C=O) groups excluding carboxylic acids is 2. The smallest absolute Gasteiger partial charge is 0.252 e. The van der Waals surface area contributed by atoms with Gasteiger partial charge < -0.3 is 5.32 Å². The number of amides is 2. The fourth-order valence-electron chi connectivity index (χ4n) is 1.34. The van der Waals surface area contributed by atoms with Crippen molar-refractivity contribution in [2.24, 2.45) is 0 Å². The summed E-state index contributed by atoms with van der Waals surface area (Å²) in [6.07, 6.45) is 0. The zero-order valence-electron chi connectivity index (χ0n) is 10.3. The van der Waals surface area contributed by atoms with Crippen LogP contribution in [0, 0.1) is 0 Å². The lowest BCUT2D eigenvalue weighted by Crippen LogP contribution is -2.44. The molecule has 0 radical (unpaired) electrons. The van der Waals surface area contributed by atoms with Crippen LogP contribution in [0.2, 0.25) is 5.02 Å². The van der Waals surface area contributed by atoms with Crippen molar-refractivity contribution in [3.8, 4) is 0 Å². The van der Waals surface area contributed by atoms with Crippen molar-refractivity contribution in [2.45, 2.75) is 19.9 Å². The van der Waals surface area contributed by atoms with Crippen molar-refractivity contribution in [2.75, 3.05) is 6.54 Å². The predicted octanol–water partition coefficient (Wildman–Crippen LogP) is 1.16. The van der Waals surface area contributed by atoms with Crippen molar-refractivity contribution in [1.29, 1.82) is 0 Å². The van der Waals surface area contributed by atoms with Gasteiger partial charge in [0.15, 0.2) is 0 Å². The molecule has 1 atom stereocenters. The highest BCUT2D eigenvalue weighted by Gasteiger charge is 2.07. The SMILES string of the molecule is CC(=O)NNC(=O)CN[C@@H](C)c1cccc(Cl)c1. The van der Waals surface area contributed by atoms with E-state index in [0.717, 1.165) is 5.56 Å². The van der Waals surface area contributed by atoms with Crippen LogP contribution in [0.25, 0.3) is 0 Å². The first kappa shape index (κ1) is 14.5. The third-order valence-electron chi connectivity index (χ3n) is 2.30. The quantitative estimate of drug-likeness (QED) is 0.719. The maximum Gasteiger partial charge on any atom is 0.252 e. The number of rotatable bonds is 4. The topological polar surface area (TPSA) is 70.2 Å². The van der Waals surface area contributed by atoms with Crippen molar-refractivity contribution in [3.63, 3.8) is 0 Å². The first-order valence-electron chi connectivity index (χ1n) is 5.53. The lowest BCUT2D eigenvalue weighted by molar-refractivity contribution is -0.127. The summed E-state index contributed by atoms with van der Waals surface area (Å²) in [7, 11) is 0. The summed E-state index contributed by atoms with van der Waals surface area (Å²) in [4.78, 5) is 21.9. The lowest BCUT2D eigenvalue weighted by Gasteiger charge is -2.14. The van der Waals surface area contributed by atoms with Crippen molar-refractivity contribution >= 4 is 23.4 Å². The van der Waals surface area contributed by atoms with Gasteiger partial charge in [-0.1, -0.05) is 23.7 Å². The number of halogens is 1. The average Bonchev–Trinajstić information content (AvgIpc) is 2.33. The number of hydrazine groups is 1. The van der Waals surface area contributed by atoms with Crippen LogP contribution in [0.15, 0.2) is 24.3 Å². The van der Waals surface area contributed by atoms with E-state index in [0.29, 0.717) is 5.02 Å². The summed E-state index contributed by atoms with van der Waals surface area (Å²) in [6.45, 7) is 3.35. The number of benzene rings is 1. The van der Waals surface area contributed by atoms with Gasteiger partial charge in [-0.05, 0) is 24.6 Å². The largest absolute Gasteiger partial charge is 0.302 e. The molecule has 1 rings (SSSR count). The van der Waals surface area contributed by atoms with Gasteiger partial charge in [-0.2, -0.15) is 0 Å². The molecule has 0 heterocycles. The number of hydrogen-bond acceptors (Lipinski definition) is 3. The van der Waals surface area contributed by atoms with Crippen molar-refractivity contribution < 1.29 is 9.59 Å². The summed E-state index contributed by atoms with van der Waals surface area (Å²) in [5.41, 5.74) is 5.49. The van der Waals surface area contributed by atoms with E-state index in [-0.39, 0.29) is 24.4 Å². The Bertz CT molecular complexity index is 437. The van der Waals surface area contributed by atoms with Gasteiger partial charge in [0.1, 0.15) is 0 Å². The molecule has 18 heavy (non-hydrogen) atoms. The molecule has 98 valence electrons. The monoisotopic (exact) mass is 269 g/mol. The second kappa shape index (κ2) is 6.98. The third-order valence-corrected chi connectivity index (χ3v) is 2.53. The minimum Gasteiger partial charge on any atom is -0.302 e. The molecule has 2 amide bonds. The van der Waals surface area contributed by atoms with Crippen molar-refractivity contribution in [1.82, 2.24) is 16.2 Å². The highest BCUT2D eigenvalue weighted by atomic mass is 35.5. The molecular weight excluding hydrogens is 254 g/mol. The summed E-state index contributed by atoms with van der Waals surface area (Å²) < 4.78 is 0. The normalized spacial score (nSPS) is 11.7. The maximum atomic E-state index is 11.3. The number of hydrogen-bond donors (Lipinski definition) is 3. The fraction of sp³-hybridized carbons (Fsp3) is 0.333. The van der Waals surface area contributed by atoms with Gasteiger partial charge in [-0.25, -0.2) is 0 Å². The van der Waals surface area contributed by atoms with Crippen LogP contribution in [0.3, 0.4) is 0 Å². The van der Waals surface area contributed by atoms with E-state index >= 15 is 0 Å². The fourth-order valence-corrected chi connectivity index (χ4v) is 1.54. The van der Waals surface area contributed by atoms with E-state index in [1.165, 1.54) is 6.92 Å². The van der Waals surface area contributed by atoms with Crippen LogP contribution in [0.5, 0.6) is 0 Å². The summed E-state index contributed by atoms with van der Waals surface area (Å²) in [5, 5.41) is 3.68. The van der Waals surface area contributed by atoms with Crippen LogP contribution in [0.1, 0.15) is 25.5 Å². The summed E-state index contributed by atoms with van der Waals surface area (Å²) in [5.74, 6) is -0.620. The maximum absolute atomic E-state index is 11.3. The molecule has 0 aromatic heterocycles. The Morgan fingerprint density at radius 1 is 1.33 bits per heavy atom. The molecule has 0 aliphatic carbocycles. The highest BCUT2D eigenvalue weighted by molar-refractivity contribution is 6.30. The van der Waals surface area contributed by atoms with Gasteiger partial charge in [0.2, 0.25) is 5.91 Å². The molecule has 3 N–H and O–H groups in total. The molecule has 1 aromatic carbocycles. The molecular formula is C12H16ClN3O2. The average molecular weight is 270 g/mol. The third kappa shape index (κ3) is 5.16. The minimum atomic E-state index is -0.314. The molecule has 0 saturated carbocycles. The van der Waals surface area contributed by atoms with Crippen molar-refractivity contribution in [3.05, 3.63) is 34.9 Å². The van der Waals surface area contributed by atoms with E-state index in [9.17, 15) is 9.59 Å². The highest BCUT2D eigenvalue weighted by Crippen LogP contribution is 2.16. The van der Waals surface area contributed by atoms with Gasteiger partial charge in [0.25, 0.3) is 5.91 Å². The predicted molar refractivity (Wildman–Crippen MR) is 69.8 cm³/mol. The van der Waals surface area contributed by atoms with Gasteiger partial charge in [-0.3, -0.25) is 20.4 Å². The van der Waals surface area contributed by atoms with Crippen LogP contribution < -0.4 is 16.2 Å². The first-order valence-corrected chi connectivity index (χ1v) is 5.91. The Hall–Kier alpha value is -1.59. The Kier molecular flexibility index (Phi) is 5.61. The molecule has 5 nitrogen and oxygen atoms in total. The van der Waals surface area contributed by atoms with Gasteiger partial charge in [0.05, 0.1) is 6.54 Å². The van der Waals surface area contributed by atoms with Gasteiger partial charge in [0, 0.05) is 18.0 Å². The van der Waals surface area contributed by atoms with Crippen LogP contribution >= 0.6 is 11.6 Å². The Labute approximate surface area is 111 Å². The van der Waals surface area contributed by atoms with Crippen LogP contribution in [-0.4, -0.2) is 18.4 Å². The zero-order chi connectivity index (χ0) is 13.5. The minimum absolute atomic E-state index is 0.00761. The molecule has 0 bridgehead atoms. The molecule has 6 heteroatoms. The van der Waals surface area contributed by atoms with Crippen LogP contribution in [0.4, 0.5) is 0 Å². The van der Waals surface area contributed by atoms with E-state index in [2.05, 4.69) is 16.2 Å². The summed E-state index contributed by atoms with van der Waals surface area (Å²) >= 11 is 5.88. The number of nitrogens with one attached hydrogen (secondary N) is 3. The molecule has 0 unspecified atom stereocenters. The van der Waals surface area contributed by atoms with Crippen LogP contribution in [-0.2, 0) is 9.59 Å². The first-order chi connectivity index (χ1) is 8.49. The molecule has 0 aliphatic heterocycles. The lowest BCUT2D eigenvalue weighted by atomic mass is 10.1. The second-order valence-electron chi connectivity index (χ2n) is 3.89. The summed E-state index contributed by atoms with van der Waals surface area (Å²) in [6, 6.07) is 7.40. The Morgan fingerprint density at radius 2 is 2.06 bits per heavy atom. The molecule has 0 spiro atoms. The zero-order valence-corrected chi connectivity index (χ0v) is 11.0. The second-order valence-corrected chi connectivity index (χ2v) is 4.32. The van der Waals surface area contributed by atoms with Gasteiger partial charge >= 0.3 is 0 Å². The van der Waals surface area contributed by atoms with Gasteiger partial charge in [-0.15, -0.1) is 0 Å². The Morgan fingerprint density at radius 3 is 2.67 bits per heavy atom. The van der Waals surface area contributed by atoms with E-state index in [1.54, 1.807) is 6.07 Å². The molecule has 0 saturated heterocycles. The Balaban J connectivity index is 2.39. The van der Waals surface area contributed by atoms with E-state index < -0.39 is 0 Å². The van der Waals surface area contributed by atoms with E-state index in [1.807, 2.05) is 25.1 Å². The molecule has 1 aromatic rings. The molecule has 0 aliphatic rings. The standard InChI is InChI=1S/C12H16ClN3O2/c1-8(10-4-3-5-11(13)6-10)14-7-12(18)16-15-9(2)17/h3-6,8,14H,7H2,1-2H3,(H,15,17)(H,16,18)/t8-/m0/s1. The van der Waals surface area contributed by atoms with E-state index in [4.69, 9.17) is 11.6 Å². The molecule has 0 fully saturated rings. The number of carbonyl (C=O) groups is 2.